The minimum atomic E-state index is -0.868. The van der Waals surface area contributed by atoms with E-state index in [9.17, 15) is 4.79 Å². The molecular weight excluding hydrogens is 287 g/mol. The fourth-order valence-corrected chi connectivity index (χ4v) is 2.29. The summed E-state index contributed by atoms with van der Waals surface area (Å²) in [6.45, 7) is 2.26. The average molecular weight is 321 g/mol. The number of carbonyl (C=O) groups excluding carboxylic acids is 1. The largest absolute Gasteiger partial charge is 1.00 e. The predicted octanol–water partition coefficient (Wildman–Crippen LogP) is 1.93. The molecule has 0 aliphatic rings. The Hall–Kier alpha value is 0.330. The molecule has 1 atom stereocenters. The molecule has 0 bridgehead atoms. The van der Waals surface area contributed by atoms with Crippen LogP contribution in [0.5, 0.6) is 0 Å². The first kappa shape index (κ1) is 27.2. The molecule has 0 aliphatic carbocycles. The van der Waals surface area contributed by atoms with E-state index < -0.39 is 6.10 Å². The summed E-state index contributed by atoms with van der Waals surface area (Å²) in [6, 6.07) is 0. The van der Waals surface area contributed by atoms with Crippen molar-refractivity contribution in [3.8, 4) is 0 Å². The fourth-order valence-electron chi connectivity index (χ4n) is 2.29. The molecular formula is C18H34NaO3-. The van der Waals surface area contributed by atoms with Crippen LogP contribution in [0.2, 0.25) is 0 Å². The predicted molar refractivity (Wildman–Crippen MR) is 88.5 cm³/mol. The molecule has 0 heterocycles. The summed E-state index contributed by atoms with van der Waals surface area (Å²) in [5.41, 5.74) is 0. The molecule has 0 amide bonds. The van der Waals surface area contributed by atoms with Crippen molar-refractivity contribution in [2.75, 3.05) is 0 Å². The summed E-state index contributed by atoms with van der Waals surface area (Å²) in [5, 5.41) is 9.01. The summed E-state index contributed by atoms with van der Waals surface area (Å²) >= 11 is 0. The van der Waals surface area contributed by atoms with E-state index in [-0.39, 0.29) is 35.0 Å². The summed E-state index contributed by atoms with van der Waals surface area (Å²) in [4.78, 5) is 10.1. The maximum atomic E-state index is 10.1. The summed E-state index contributed by atoms with van der Waals surface area (Å²) in [5.74, 6) is 0. The van der Waals surface area contributed by atoms with Crippen LogP contribution in [0, 0.1) is 0 Å². The SMILES string of the molecule is CCCCCCCC/C=C\CCCCCCC(O)[C-]=O.[Na+].[OH-]. The molecule has 3 nitrogen and oxygen atoms in total. The topological polar surface area (TPSA) is 67.3 Å². The molecule has 2 N–H and O–H groups in total. The fraction of sp³-hybridized carbons (Fsp3) is 0.833. The molecule has 0 rings (SSSR count). The standard InChI is InChI=1S/C18H33O2.Na.H2O/c1-2-3-4-5-6-7-8-9-10-11-12-13-14-15-16-18(20)17-19;;/h9-10,18,20H,2-8,11-16H2,1H3;;1H2/q-1;+1;/p-1/b10-9-;;. The Labute approximate surface area is 159 Å². The first-order chi connectivity index (χ1) is 9.81. The molecule has 1 unspecified atom stereocenters. The molecule has 0 radical (unpaired) electrons. The van der Waals surface area contributed by atoms with Crippen LogP contribution >= 0.6 is 0 Å². The molecule has 0 aromatic heterocycles. The Morgan fingerprint density at radius 1 is 0.864 bits per heavy atom. The molecule has 0 saturated heterocycles. The zero-order chi connectivity index (χ0) is 14.9. The van der Waals surface area contributed by atoms with Gasteiger partial charge in [-0.15, -0.1) is 0 Å². The molecule has 0 fully saturated rings. The molecule has 0 aromatic carbocycles. The van der Waals surface area contributed by atoms with Gasteiger partial charge in [0.2, 0.25) is 0 Å². The Morgan fingerprint density at radius 2 is 1.32 bits per heavy atom. The minimum absolute atomic E-state index is 0. The number of hydrogen-bond donors (Lipinski definition) is 1. The van der Waals surface area contributed by atoms with E-state index in [0.717, 1.165) is 19.3 Å². The van der Waals surface area contributed by atoms with E-state index in [1.807, 2.05) is 0 Å². The normalized spacial score (nSPS) is 11.7. The van der Waals surface area contributed by atoms with Gasteiger partial charge < -0.3 is 15.4 Å². The van der Waals surface area contributed by atoms with Crippen LogP contribution in [0.4, 0.5) is 0 Å². The number of allylic oxidation sites excluding steroid dienone is 2. The summed E-state index contributed by atoms with van der Waals surface area (Å²) in [6.07, 6.45) is 21.0. The van der Waals surface area contributed by atoms with E-state index in [1.165, 1.54) is 57.8 Å². The van der Waals surface area contributed by atoms with Gasteiger partial charge >= 0.3 is 29.6 Å². The third-order valence-electron chi connectivity index (χ3n) is 3.63. The zero-order valence-electron chi connectivity index (χ0n) is 14.7. The van der Waals surface area contributed by atoms with Crippen LogP contribution in [0.15, 0.2) is 12.2 Å². The van der Waals surface area contributed by atoms with Crippen molar-refractivity contribution in [1.82, 2.24) is 0 Å². The monoisotopic (exact) mass is 321 g/mol. The van der Waals surface area contributed by atoms with Gasteiger partial charge in [0.15, 0.2) is 0 Å². The van der Waals surface area contributed by atoms with E-state index >= 15 is 0 Å². The maximum absolute atomic E-state index is 10.1. The van der Waals surface area contributed by atoms with E-state index in [0.29, 0.717) is 6.42 Å². The van der Waals surface area contributed by atoms with Crippen LogP contribution in [0.25, 0.3) is 0 Å². The van der Waals surface area contributed by atoms with Gasteiger partial charge in [-0.05, 0) is 31.8 Å². The van der Waals surface area contributed by atoms with Crippen molar-refractivity contribution in [2.24, 2.45) is 0 Å². The second-order valence-corrected chi connectivity index (χ2v) is 5.65. The van der Waals surface area contributed by atoms with Gasteiger partial charge in [0.1, 0.15) is 0 Å². The molecule has 0 aliphatic heterocycles. The van der Waals surface area contributed by atoms with Crippen molar-refractivity contribution >= 4 is 6.29 Å². The van der Waals surface area contributed by atoms with Crippen molar-refractivity contribution in [3.63, 3.8) is 0 Å². The molecule has 22 heavy (non-hydrogen) atoms. The van der Waals surface area contributed by atoms with Crippen LogP contribution in [-0.2, 0) is 4.79 Å². The van der Waals surface area contributed by atoms with Gasteiger partial charge in [0, 0.05) is 0 Å². The number of aliphatic hydroxyl groups excluding tert-OH is 1. The minimum Gasteiger partial charge on any atom is -0.870 e. The first-order valence-corrected chi connectivity index (χ1v) is 8.52. The smallest absolute Gasteiger partial charge is 0.870 e. The Kier molecular flexibility index (Phi) is 29.2. The van der Waals surface area contributed by atoms with Gasteiger partial charge in [-0.1, -0.05) is 76.9 Å². The summed E-state index contributed by atoms with van der Waals surface area (Å²) in [7, 11) is 0. The van der Waals surface area contributed by atoms with Gasteiger partial charge in [0.25, 0.3) is 0 Å². The number of unbranched alkanes of at least 4 members (excludes halogenated alkanes) is 10. The Balaban J connectivity index is -0.00000180. The van der Waals surface area contributed by atoms with E-state index in [1.54, 1.807) is 6.29 Å². The van der Waals surface area contributed by atoms with Crippen LogP contribution < -0.4 is 29.6 Å². The average Bonchev–Trinajstić information content (AvgIpc) is 2.47. The Bertz CT molecular complexity index is 232. The third kappa shape index (κ3) is 22.6. The number of rotatable bonds is 15. The number of hydrogen-bond acceptors (Lipinski definition) is 3. The van der Waals surface area contributed by atoms with E-state index in [4.69, 9.17) is 5.11 Å². The van der Waals surface area contributed by atoms with Crippen LogP contribution in [0.3, 0.4) is 0 Å². The van der Waals surface area contributed by atoms with Gasteiger partial charge in [0.05, 0.1) is 0 Å². The quantitative estimate of drug-likeness (QED) is 0.217. The first-order valence-electron chi connectivity index (χ1n) is 8.52. The van der Waals surface area contributed by atoms with E-state index in [2.05, 4.69) is 19.1 Å². The van der Waals surface area contributed by atoms with Gasteiger partial charge in [-0.3, -0.25) is 0 Å². The molecule has 126 valence electrons. The van der Waals surface area contributed by atoms with Crippen LogP contribution in [0.1, 0.15) is 90.4 Å². The van der Waals surface area contributed by atoms with Crippen LogP contribution in [-0.4, -0.2) is 23.0 Å². The van der Waals surface area contributed by atoms with Gasteiger partial charge in [-0.25, -0.2) is 6.29 Å². The molecule has 0 spiro atoms. The molecule has 4 heteroatoms. The summed E-state index contributed by atoms with van der Waals surface area (Å²) < 4.78 is 0. The van der Waals surface area contributed by atoms with Crippen molar-refractivity contribution < 1.29 is 44.9 Å². The van der Waals surface area contributed by atoms with Gasteiger partial charge in [-0.2, -0.15) is 0 Å². The van der Waals surface area contributed by atoms with Crippen molar-refractivity contribution in [2.45, 2.75) is 96.5 Å². The van der Waals surface area contributed by atoms with Crippen molar-refractivity contribution in [3.05, 3.63) is 12.2 Å². The number of aliphatic hydroxyl groups is 1. The Morgan fingerprint density at radius 3 is 1.82 bits per heavy atom. The molecule has 0 aromatic rings. The third-order valence-corrected chi connectivity index (χ3v) is 3.63. The van der Waals surface area contributed by atoms with Crippen molar-refractivity contribution in [1.29, 1.82) is 0 Å². The molecule has 0 saturated carbocycles. The second-order valence-electron chi connectivity index (χ2n) is 5.65. The maximum Gasteiger partial charge on any atom is 1.00 e. The zero-order valence-corrected chi connectivity index (χ0v) is 16.7. The second kappa shape index (κ2) is 23.6.